The van der Waals surface area contributed by atoms with Crippen molar-refractivity contribution in [2.45, 2.75) is 50.9 Å². The molecule has 0 spiro atoms. The maximum absolute atomic E-state index is 4.55. The molecule has 1 aliphatic carbocycles. The van der Waals surface area contributed by atoms with Crippen LogP contribution in [0.3, 0.4) is 0 Å². The minimum atomic E-state index is 0.519. The second kappa shape index (κ2) is 8.58. The lowest BCUT2D eigenvalue weighted by atomic mass is 10.2. The largest absolute Gasteiger partial charge is 0.354 e. The first-order valence-corrected chi connectivity index (χ1v) is 10.4. The Labute approximate surface area is 159 Å². The lowest BCUT2D eigenvalue weighted by molar-refractivity contribution is 0.614. The van der Waals surface area contributed by atoms with Gasteiger partial charge in [-0.1, -0.05) is 6.07 Å². The second-order valence-corrected chi connectivity index (χ2v) is 7.94. The third-order valence-electron chi connectivity index (χ3n) is 4.78. The zero-order valence-electron chi connectivity index (χ0n) is 16.0. The highest BCUT2D eigenvalue weighted by molar-refractivity contribution is 7.99. The number of rotatable bonds is 5. The summed E-state index contributed by atoms with van der Waals surface area (Å²) in [4.78, 5) is 8.90. The van der Waals surface area contributed by atoms with Crippen molar-refractivity contribution in [3.8, 4) is 5.82 Å². The molecule has 0 aliphatic heterocycles. The Kier molecular flexibility index (Phi) is 6.19. The van der Waals surface area contributed by atoms with Gasteiger partial charge in [0.05, 0.1) is 5.69 Å². The Balaban J connectivity index is 1.54. The van der Waals surface area contributed by atoms with Crippen molar-refractivity contribution in [3.05, 3.63) is 41.3 Å². The van der Waals surface area contributed by atoms with Crippen molar-refractivity contribution < 1.29 is 0 Å². The van der Waals surface area contributed by atoms with Gasteiger partial charge in [-0.05, 0) is 57.1 Å². The Hall–Kier alpha value is -2.02. The molecule has 140 valence electrons. The summed E-state index contributed by atoms with van der Waals surface area (Å²) in [5.74, 6) is 1.70. The Morgan fingerprint density at radius 2 is 2.19 bits per heavy atom. The molecule has 0 aromatic carbocycles. The molecule has 0 bridgehead atoms. The molecule has 2 unspecified atom stereocenters. The average molecular weight is 373 g/mol. The van der Waals surface area contributed by atoms with Crippen molar-refractivity contribution in [1.82, 2.24) is 25.4 Å². The maximum atomic E-state index is 4.55. The summed E-state index contributed by atoms with van der Waals surface area (Å²) in [5, 5.41) is 12.2. The molecule has 7 heteroatoms. The van der Waals surface area contributed by atoms with E-state index >= 15 is 0 Å². The molecule has 0 amide bonds. The summed E-state index contributed by atoms with van der Waals surface area (Å²) in [6.45, 7) is 4.73. The van der Waals surface area contributed by atoms with E-state index in [1.807, 2.05) is 49.6 Å². The van der Waals surface area contributed by atoms with Crippen molar-refractivity contribution >= 4 is 17.7 Å². The van der Waals surface area contributed by atoms with Gasteiger partial charge in [-0.25, -0.2) is 9.67 Å². The van der Waals surface area contributed by atoms with Crippen LogP contribution in [0.2, 0.25) is 0 Å². The molecule has 2 aromatic heterocycles. The monoisotopic (exact) mass is 372 g/mol. The predicted octanol–water partition coefficient (Wildman–Crippen LogP) is 2.83. The lowest BCUT2D eigenvalue weighted by Gasteiger charge is -2.17. The van der Waals surface area contributed by atoms with Gasteiger partial charge in [0.1, 0.15) is 0 Å². The van der Waals surface area contributed by atoms with Gasteiger partial charge in [-0.2, -0.15) is 16.9 Å². The van der Waals surface area contributed by atoms with Gasteiger partial charge in [-0.15, -0.1) is 0 Å². The van der Waals surface area contributed by atoms with Crippen LogP contribution in [-0.4, -0.2) is 45.3 Å². The zero-order chi connectivity index (χ0) is 18.5. The first-order valence-electron chi connectivity index (χ1n) is 9.07. The van der Waals surface area contributed by atoms with Gasteiger partial charge in [0.25, 0.3) is 0 Å². The van der Waals surface area contributed by atoms with Gasteiger partial charge in [-0.3, -0.25) is 4.99 Å². The quantitative estimate of drug-likeness (QED) is 0.624. The number of pyridine rings is 1. The van der Waals surface area contributed by atoms with E-state index in [1.54, 1.807) is 0 Å². The SMILES string of the molecule is CN=C(NCc1ccc(-n2nc(C)cc2C)nc1)NC1CCC(SC)C1. The van der Waals surface area contributed by atoms with Crippen molar-refractivity contribution in [3.63, 3.8) is 0 Å². The van der Waals surface area contributed by atoms with Crippen LogP contribution in [0.25, 0.3) is 5.82 Å². The van der Waals surface area contributed by atoms with E-state index in [1.165, 1.54) is 19.3 Å². The number of aliphatic imine (C=N–C) groups is 1. The number of guanidine groups is 1. The molecule has 1 aliphatic rings. The van der Waals surface area contributed by atoms with Crippen LogP contribution >= 0.6 is 11.8 Å². The molecule has 0 radical (unpaired) electrons. The molecule has 3 rings (SSSR count). The number of aromatic nitrogens is 3. The van der Waals surface area contributed by atoms with Crippen LogP contribution in [0.15, 0.2) is 29.4 Å². The van der Waals surface area contributed by atoms with Gasteiger partial charge < -0.3 is 10.6 Å². The van der Waals surface area contributed by atoms with Gasteiger partial charge in [0, 0.05) is 36.8 Å². The van der Waals surface area contributed by atoms with E-state index in [2.05, 4.69) is 44.1 Å². The topological polar surface area (TPSA) is 67.1 Å². The Morgan fingerprint density at radius 3 is 2.77 bits per heavy atom. The fraction of sp³-hybridized carbons (Fsp3) is 0.526. The normalized spacial score (nSPS) is 20.4. The molecule has 1 saturated carbocycles. The molecule has 26 heavy (non-hydrogen) atoms. The summed E-state index contributed by atoms with van der Waals surface area (Å²) >= 11 is 1.97. The second-order valence-electron chi connectivity index (χ2n) is 6.80. The molecule has 1 fully saturated rings. The Bertz CT molecular complexity index is 752. The Morgan fingerprint density at radius 1 is 1.35 bits per heavy atom. The van der Waals surface area contributed by atoms with E-state index < -0.39 is 0 Å². The fourth-order valence-electron chi connectivity index (χ4n) is 3.37. The van der Waals surface area contributed by atoms with Gasteiger partial charge in [0.15, 0.2) is 11.8 Å². The first-order chi connectivity index (χ1) is 12.6. The highest BCUT2D eigenvalue weighted by Gasteiger charge is 2.24. The van der Waals surface area contributed by atoms with Crippen molar-refractivity contribution in [2.24, 2.45) is 4.99 Å². The number of aryl methyl sites for hydroxylation is 2. The van der Waals surface area contributed by atoms with Crippen molar-refractivity contribution in [1.29, 1.82) is 0 Å². The lowest BCUT2D eigenvalue weighted by Crippen LogP contribution is -2.42. The van der Waals surface area contributed by atoms with Gasteiger partial charge >= 0.3 is 0 Å². The summed E-state index contributed by atoms with van der Waals surface area (Å²) in [5.41, 5.74) is 3.21. The first kappa shape index (κ1) is 18.8. The van der Waals surface area contributed by atoms with E-state index in [0.29, 0.717) is 12.6 Å². The van der Waals surface area contributed by atoms with Crippen LogP contribution in [0, 0.1) is 13.8 Å². The van der Waals surface area contributed by atoms with Crippen LogP contribution < -0.4 is 10.6 Å². The molecular weight excluding hydrogens is 344 g/mol. The van der Waals surface area contributed by atoms with E-state index in [-0.39, 0.29) is 0 Å². The predicted molar refractivity (Wildman–Crippen MR) is 109 cm³/mol. The summed E-state index contributed by atoms with van der Waals surface area (Å²) in [6, 6.07) is 6.66. The number of thioether (sulfide) groups is 1. The molecular formula is C19H28N6S. The molecule has 2 heterocycles. The number of nitrogens with one attached hydrogen (secondary N) is 2. The number of hydrogen-bond donors (Lipinski definition) is 2. The van der Waals surface area contributed by atoms with Crippen LogP contribution in [0.4, 0.5) is 0 Å². The summed E-state index contributed by atoms with van der Waals surface area (Å²) in [6.07, 6.45) is 7.80. The third-order valence-corrected chi connectivity index (χ3v) is 5.87. The molecule has 2 aromatic rings. The summed E-state index contributed by atoms with van der Waals surface area (Å²) < 4.78 is 1.87. The average Bonchev–Trinajstić information content (AvgIpc) is 3.24. The number of hydrogen-bond acceptors (Lipinski definition) is 4. The van der Waals surface area contributed by atoms with E-state index in [4.69, 9.17) is 0 Å². The van der Waals surface area contributed by atoms with Crippen LogP contribution in [0.1, 0.15) is 36.2 Å². The highest BCUT2D eigenvalue weighted by atomic mass is 32.2. The standard InChI is InChI=1S/C19H28N6S/c1-13-9-14(2)25(24-13)18-8-5-15(11-21-18)12-22-19(20-3)23-16-6-7-17(10-16)26-4/h5,8-9,11,16-17H,6-7,10,12H2,1-4H3,(H2,20,22,23). The highest BCUT2D eigenvalue weighted by Crippen LogP contribution is 2.28. The van der Waals surface area contributed by atoms with E-state index in [0.717, 1.165) is 34.0 Å². The fourth-order valence-corrected chi connectivity index (χ4v) is 4.16. The van der Waals surface area contributed by atoms with Crippen LogP contribution in [0.5, 0.6) is 0 Å². The minimum Gasteiger partial charge on any atom is -0.354 e. The minimum absolute atomic E-state index is 0.519. The van der Waals surface area contributed by atoms with Crippen molar-refractivity contribution in [2.75, 3.05) is 13.3 Å². The molecule has 6 nitrogen and oxygen atoms in total. The molecule has 2 atom stereocenters. The number of nitrogens with zero attached hydrogens (tertiary/aromatic N) is 4. The zero-order valence-corrected chi connectivity index (χ0v) is 16.8. The van der Waals surface area contributed by atoms with Gasteiger partial charge in [0.2, 0.25) is 0 Å². The van der Waals surface area contributed by atoms with E-state index in [9.17, 15) is 0 Å². The van der Waals surface area contributed by atoms with Crippen LogP contribution in [-0.2, 0) is 6.54 Å². The third kappa shape index (κ3) is 4.58. The smallest absolute Gasteiger partial charge is 0.191 e. The maximum Gasteiger partial charge on any atom is 0.191 e. The molecule has 0 saturated heterocycles. The molecule has 2 N–H and O–H groups in total. The summed E-state index contributed by atoms with van der Waals surface area (Å²) in [7, 11) is 1.82.